The number of ether oxygens (including phenoxy) is 1. The number of nitrogens with zero attached hydrogens (tertiary/aromatic N) is 4. The first-order valence-electron chi connectivity index (χ1n) is 12.3. The van der Waals surface area contributed by atoms with Gasteiger partial charge in [0.05, 0.1) is 12.7 Å². The van der Waals surface area contributed by atoms with Crippen molar-refractivity contribution < 1.29 is 23.1 Å². The third-order valence-corrected chi connectivity index (χ3v) is 6.92. The average molecular weight is 533 g/mol. The van der Waals surface area contributed by atoms with Crippen LogP contribution in [0.1, 0.15) is 36.0 Å². The lowest BCUT2D eigenvalue weighted by Crippen LogP contribution is -2.28. The minimum Gasteiger partial charge on any atom is -0.496 e. The number of benzene rings is 2. The van der Waals surface area contributed by atoms with E-state index in [0.717, 1.165) is 0 Å². The van der Waals surface area contributed by atoms with Crippen LogP contribution >= 0.6 is 0 Å². The van der Waals surface area contributed by atoms with E-state index >= 15 is 0 Å². The second kappa shape index (κ2) is 10.2. The molecule has 0 aliphatic heterocycles. The summed E-state index contributed by atoms with van der Waals surface area (Å²) >= 11 is 0. The van der Waals surface area contributed by atoms with Crippen molar-refractivity contribution in [2.24, 2.45) is 5.92 Å². The molecule has 0 atom stereocenters. The van der Waals surface area contributed by atoms with Gasteiger partial charge in [0.25, 0.3) is 0 Å². The number of ketones is 1. The summed E-state index contributed by atoms with van der Waals surface area (Å²) in [6, 6.07) is 12.1. The number of fused-ring (bicyclic) bond motifs is 1. The highest BCUT2D eigenvalue weighted by Crippen LogP contribution is 2.41. The van der Waals surface area contributed by atoms with Gasteiger partial charge >= 0.3 is 0 Å². The Balaban J connectivity index is 1.57. The van der Waals surface area contributed by atoms with Gasteiger partial charge in [-0.2, -0.15) is 0 Å². The first-order valence-corrected chi connectivity index (χ1v) is 12.3. The third kappa shape index (κ3) is 5.07. The van der Waals surface area contributed by atoms with Crippen LogP contribution in [0.25, 0.3) is 27.9 Å². The predicted molar refractivity (Wildman–Crippen MR) is 143 cm³/mol. The Morgan fingerprint density at radius 2 is 1.85 bits per heavy atom. The van der Waals surface area contributed by atoms with Crippen LogP contribution in [0.4, 0.5) is 20.3 Å². The number of halogens is 2. The molecule has 0 spiro atoms. The van der Waals surface area contributed by atoms with Gasteiger partial charge in [-0.15, -0.1) is 14.8 Å². The van der Waals surface area contributed by atoms with Crippen LogP contribution in [-0.4, -0.2) is 44.5 Å². The number of aromatic nitrogens is 4. The molecule has 5 rings (SSSR count). The third-order valence-electron chi connectivity index (χ3n) is 6.92. The Labute approximate surface area is 222 Å². The number of carbonyl (C=O) groups excluding carboxylic acids is 2. The number of carbonyl (C=O) groups is 2. The summed E-state index contributed by atoms with van der Waals surface area (Å²) in [7, 11) is 1.45. The Morgan fingerprint density at radius 3 is 2.51 bits per heavy atom. The van der Waals surface area contributed by atoms with Gasteiger partial charge in [-0.05, 0) is 48.7 Å². The quantitative estimate of drug-likeness (QED) is 0.248. The van der Waals surface area contributed by atoms with Crippen molar-refractivity contribution in [2.75, 3.05) is 18.2 Å². The number of anilines is 2. The molecule has 0 unspecified atom stereocenters. The molecule has 200 valence electrons. The Kier molecular flexibility index (Phi) is 6.81. The fourth-order valence-electron chi connectivity index (χ4n) is 4.87. The number of nitrogens with two attached hydrogens (primary N) is 1. The van der Waals surface area contributed by atoms with E-state index in [-0.39, 0.29) is 43.2 Å². The lowest BCUT2D eigenvalue weighted by atomic mass is 9.81. The van der Waals surface area contributed by atoms with Crippen LogP contribution in [0, 0.1) is 5.92 Å². The van der Waals surface area contributed by atoms with Gasteiger partial charge in [0.2, 0.25) is 11.8 Å². The highest BCUT2D eigenvalue weighted by molar-refractivity contribution is 6.03. The van der Waals surface area contributed by atoms with E-state index in [2.05, 4.69) is 27.1 Å². The second-order valence-electron chi connectivity index (χ2n) is 9.39. The topological polar surface area (TPSA) is 125 Å². The standard InChI is InChI=1S/C28H26F2N6O3/c1-3-22(37)34-19-7-4-16(5-8-19)24-23(25-27(31)32-15-33-36(25)35-24)18-6-9-20(21(14-18)39-2)26(38)17-10-12-28(29,30)13-11-17/h3-9,14-15,17H,1,10-13H2,2H3,(H,34,37)(H2,31,32,33). The lowest BCUT2D eigenvalue weighted by Gasteiger charge is -2.27. The zero-order valence-electron chi connectivity index (χ0n) is 21.2. The fourth-order valence-corrected chi connectivity index (χ4v) is 4.87. The van der Waals surface area contributed by atoms with Crippen LogP contribution < -0.4 is 15.8 Å². The van der Waals surface area contributed by atoms with Crippen molar-refractivity contribution >= 4 is 28.7 Å². The lowest BCUT2D eigenvalue weighted by molar-refractivity contribution is -0.111. The number of nitrogen functional groups attached to an aromatic ring is 1. The molecule has 11 heteroatoms. The molecular weight excluding hydrogens is 506 g/mol. The molecule has 4 aromatic rings. The fraction of sp³-hybridized carbons (Fsp3) is 0.250. The molecule has 3 N–H and O–H groups in total. The van der Waals surface area contributed by atoms with Crippen LogP contribution in [0.5, 0.6) is 5.75 Å². The SMILES string of the molecule is C=CC(=O)Nc1ccc(-c2nn3ncnc(N)c3c2-c2ccc(C(=O)C3CCC(F)(F)CC3)c(OC)c2)cc1. The molecular formula is C28H26F2N6O3. The monoisotopic (exact) mass is 532 g/mol. The van der Waals surface area contributed by atoms with Crippen LogP contribution in [0.3, 0.4) is 0 Å². The molecule has 2 aromatic heterocycles. The van der Waals surface area contributed by atoms with E-state index in [1.54, 1.807) is 42.5 Å². The van der Waals surface area contributed by atoms with Crippen molar-refractivity contribution in [2.45, 2.75) is 31.6 Å². The number of Topliss-reactive ketones (excluding diaryl/α,β-unsaturated/α-hetero) is 1. The smallest absolute Gasteiger partial charge is 0.248 e. The Bertz CT molecular complexity index is 1570. The maximum atomic E-state index is 13.6. The van der Waals surface area contributed by atoms with Gasteiger partial charge in [0.1, 0.15) is 23.3 Å². The number of hydrogen-bond acceptors (Lipinski definition) is 7. The number of hydrogen-bond donors (Lipinski definition) is 2. The molecule has 9 nitrogen and oxygen atoms in total. The van der Waals surface area contributed by atoms with Crippen molar-refractivity contribution in [1.29, 1.82) is 0 Å². The summed E-state index contributed by atoms with van der Waals surface area (Å²) in [6.07, 6.45) is 2.14. The van der Waals surface area contributed by atoms with Crippen molar-refractivity contribution in [3.8, 4) is 28.1 Å². The van der Waals surface area contributed by atoms with Gasteiger partial charge in [0.15, 0.2) is 11.6 Å². The van der Waals surface area contributed by atoms with E-state index in [1.807, 2.05) is 0 Å². The normalized spacial score (nSPS) is 15.2. The molecule has 1 amide bonds. The van der Waals surface area contributed by atoms with Crippen LogP contribution in [0.2, 0.25) is 0 Å². The molecule has 1 aliphatic carbocycles. The van der Waals surface area contributed by atoms with Crippen molar-refractivity contribution in [3.63, 3.8) is 0 Å². The summed E-state index contributed by atoms with van der Waals surface area (Å²) in [4.78, 5) is 29.0. The van der Waals surface area contributed by atoms with E-state index < -0.39 is 11.8 Å². The van der Waals surface area contributed by atoms with Gasteiger partial charge in [0, 0.05) is 35.6 Å². The number of rotatable bonds is 7. The summed E-state index contributed by atoms with van der Waals surface area (Å²) in [5.41, 5.74) is 10.1. The summed E-state index contributed by atoms with van der Waals surface area (Å²) < 4.78 is 34.3. The molecule has 2 heterocycles. The molecule has 0 saturated heterocycles. The second-order valence-corrected chi connectivity index (χ2v) is 9.39. The van der Waals surface area contributed by atoms with E-state index in [4.69, 9.17) is 10.5 Å². The average Bonchev–Trinajstić information content (AvgIpc) is 3.33. The van der Waals surface area contributed by atoms with Gasteiger partial charge in [-0.1, -0.05) is 24.8 Å². The maximum Gasteiger partial charge on any atom is 0.248 e. The number of amides is 1. The summed E-state index contributed by atoms with van der Waals surface area (Å²) in [5, 5.41) is 11.5. The highest BCUT2D eigenvalue weighted by atomic mass is 19.3. The van der Waals surface area contributed by atoms with E-state index in [9.17, 15) is 18.4 Å². The maximum absolute atomic E-state index is 13.6. The highest BCUT2D eigenvalue weighted by Gasteiger charge is 2.38. The van der Waals surface area contributed by atoms with Crippen molar-refractivity contribution in [1.82, 2.24) is 19.8 Å². The molecule has 2 aromatic carbocycles. The number of nitrogens with one attached hydrogen (secondary N) is 1. The minimum absolute atomic E-state index is 0.131. The van der Waals surface area contributed by atoms with Gasteiger partial charge in [-0.25, -0.2) is 13.8 Å². The van der Waals surface area contributed by atoms with Crippen LogP contribution in [-0.2, 0) is 4.79 Å². The largest absolute Gasteiger partial charge is 0.496 e. The van der Waals surface area contributed by atoms with E-state index in [0.29, 0.717) is 44.9 Å². The molecule has 39 heavy (non-hydrogen) atoms. The Morgan fingerprint density at radius 1 is 1.15 bits per heavy atom. The molecule has 0 bridgehead atoms. The van der Waals surface area contributed by atoms with Gasteiger partial charge in [-0.3, -0.25) is 9.59 Å². The number of methoxy groups -OCH3 is 1. The molecule has 0 radical (unpaired) electrons. The molecule has 1 fully saturated rings. The first-order chi connectivity index (χ1) is 18.7. The minimum atomic E-state index is -2.72. The van der Waals surface area contributed by atoms with E-state index in [1.165, 1.54) is 24.1 Å². The molecule has 1 aliphatic rings. The first kappa shape index (κ1) is 26.0. The zero-order chi connectivity index (χ0) is 27.7. The summed E-state index contributed by atoms with van der Waals surface area (Å²) in [6.45, 7) is 3.45. The Hall–Kier alpha value is -4.67. The summed E-state index contributed by atoms with van der Waals surface area (Å²) in [5.74, 6) is -3.23. The predicted octanol–water partition coefficient (Wildman–Crippen LogP) is 5.18. The van der Waals surface area contributed by atoms with Crippen LogP contribution in [0.15, 0.2) is 61.4 Å². The zero-order valence-corrected chi connectivity index (χ0v) is 21.2. The molecule has 1 saturated carbocycles. The van der Waals surface area contributed by atoms with Gasteiger partial charge < -0.3 is 15.8 Å². The van der Waals surface area contributed by atoms with Crippen molar-refractivity contribution in [3.05, 3.63) is 67.0 Å². The number of alkyl halides is 2.